The Morgan fingerprint density at radius 2 is 2.03 bits per heavy atom. The average molecular weight is 508 g/mol. The van der Waals surface area contributed by atoms with Gasteiger partial charge in [-0.2, -0.15) is 8.78 Å². The normalized spacial score (nSPS) is 16.0. The van der Waals surface area contributed by atoms with Crippen LogP contribution in [0.15, 0.2) is 36.8 Å². The summed E-state index contributed by atoms with van der Waals surface area (Å²) < 4.78 is 40.8. The summed E-state index contributed by atoms with van der Waals surface area (Å²) in [5.74, 6) is 0.671. The van der Waals surface area contributed by atoms with Crippen LogP contribution in [0.5, 0.6) is 11.6 Å². The lowest BCUT2D eigenvalue weighted by Crippen LogP contribution is -2.36. The number of benzene rings is 1. The number of rotatable bonds is 6. The summed E-state index contributed by atoms with van der Waals surface area (Å²) in [6.45, 7) is 3.40. The van der Waals surface area contributed by atoms with E-state index in [0.29, 0.717) is 47.8 Å². The number of ether oxygens (including phenoxy) is 3. The minimum Gasteiger partial charge on any atom is -0.472 e. The van der Waals surface area contributed by atoms with Gasteiger partial charge in [-0.25, -0.2) is 19.7 Å². The smallest absolute Gasteiger partial charge is 0.410 e. The van der Waals surface area contributed by atoms with Gasteiger partial charge in [0.15, 0.2) is 0 Å². The van der Waals surface area contributed by atoms with Gasteiger partial charge in [0, 0.05) is 30.1 Å². The number of hydrogen-bond acceptors (Lipinski definition) is 8. The van der Waals surface area contributed by atoms with Gasteiger partial charge >= 0.3 is 12.7 Å². The summed E-state index contributed by atoms with van der Waals surface area (Å²) in [5, 5.41) is 3.75. The van der Waals surface area contributed by atoms with Gasteiger partial charge in [-0.15, -0.1) is 0 Å². The second-order valence-corrected chi connectivity index (χ2v) is 9.27. The Morgan fingerprint density at radius 1 is 1.23 bits per heavy atom. The number of amides is 1. The third-order valence-corrected chi connectivity index (χ3v) is 5.29. The minimum atomic E-state index is -2.97. The molecule has 1 fully saturated rings. The Bertz CT molecular complexity index is 1220. The lowest BCUT2D eigenvalue weighted by atomic mass is 10.2. The number of anilines is 2. The maximum Gasteiger partial charge on any atom is 0.410 e. The van der Waals surface area contributed by atoms with E-state index in [4.69, 9.17) is 21.1 Å². The summed E-state index contributed by atoms with van der Waals surface area (Å²) in [6.07, 6.45) is 2.96. The van der Waals surface area contributed by atoms with Gasteiger partial charge in [-0.3, -0.25) is 0 Å². The molecule has 9 nitrogen and oxygen atoms in total. The van der Waals surface area contributed by atoms with E-state index in [0.717, 1.165) is 0 Å². The molecule has 0 unspecified atom stereocenters. The van der Waals surface area contributed by atoms with E-state index in [1.165, 1.54) is 18.5 Å². The van der Waals surface area contributed by atoms with Gasteiger partial charge in [-0.1, -0.05) is 11.6 Å². The first-order valence-corrected chi connectivity index (χ1v) is 11.2. The van der Waals surface area contributed by atoms with E-state index in [1.54, 1.807) is 23.2 Å². The van der Waals surface area contributed by atoms with Gasteiger partial charge in [0.1, 0.15) is 29.6 Å². The van der Waals surface area contributed by atoms with Crippen LogP contribution >= 0.6 is 11.6 Å². The van der Waals surface area contributed by atoms with Gasteiger partial charge in [-0.05, 0) is 39.0 Å². The molecule has 0 spiro atoms. The molecule has 12 heteroatoms. The highest BCUT2D eigenvalue weighted by Gasteiger charge is 2.31. The fourth-order valence-electron chi connectivity index (χ4n) is 3.50. The topological polar surface area (TPSA) is 98.7 Å². The monoisotopic (exact) mass is 507 g/mol. The van der Waals surface area contributed by atoms with E-state index in [1.807, 2.05) is 20.8 Å². The Labute approximate surface area is 205 Å². The summed E-state index contributed by atoms with van der Waals surface area (Å²) in [4.78, 5) is 26.7. The highest BCUT2D eigenvalue weighted by Crippen LogP contribution is 2.32. The summed E-state index contributed by atoms with van der Waals surface area (Å²) in [6, 6.07) is 6.03. The Kier molecular flexibility index (Phi) is 7.06. The molecule has 1 amide bonds. The molecular weight excluding hydrogens is 484 g/mol. The quantitative estimate of drug-likeness (QED) is 0.473. The number of aromatic nitrogens is 3. The molecule has 4 rings (SSSR count). The molecule has 35 heavy (non-hydrogen) atoms. The number of nitrogens with zero attached hydrogens (tertiary/aromatic N) is 4. The third kappa shape index (κ3) is 6.36. The Morgan fingerprint density at radius 3 is 2.74 bits per heavy atom. The van der Waals surface area contributed by atoms with Crippen LogP contribution in [-0.4, -0.2) is 57.4 Å². The van der Waals surface area contributed by atoms with E-state index < -0.39 is 12.2 Å². The second kappa shape index (κ2) is 10.0. The van der Waals surface area contributed by atoms with E-state index in [-0.39, 0.29) is 23.0 Å². The molecule has 186 valence electrons. The van der Waals surface area contributed by atoms with Crippen molar-refractivity contribution >= 4 is 40.1 Å². The number of likely N-dealkylation sites (tertiary alicyclic amines) is 1. The van der Waals surface area contributed by atoms with Gasteiger partial charge < -0.3 is 24.4 Å². The van der Waals surface area contributed by atoms with Crippen LogP contribution in [0.2, 0.25) is 5.02 Å². The van der Waals surface area contributed by atoms with Crippen molar-refractivity contribution in [1.29, 1.82) is 0 Å². The third-order valence-electron chi connectivity index (χ3n) is 4.99. The minimum absolute atomic E-state index is 0.0233. The number of nitrogens with one attached hydrogen (secondary N) is 1. The number of alkyl halides is 2. The molecular formula is C23H24ClF2N5O4. The van der Waals surface area contributed by atoms with Gasteiger partial charge in [0.05, 0.1) is 23.3 Å². The van der Waals surface area contributed by atoms with E-state index >= 15 is 0 Å². The SMILES string of the molecule is CC(C)(C)OC(=O)N1CC[C@H](Oc2cc3c(Nc4ccc(OC(F)F)c(Cl)c4)ncnc3cn2)C1. The fraction of sp³-hybridized carbons (Fsp3) is 0.391. The van der Waals surface area contributed by atoms with Crippen LogP contribution in [0.25, 0.3) is 10.9 Å². The van der Waals surface area contributed by atoms with Crippen LogP contribution in [0.1, 0.15) is 27.2 Å². The van der Waals surface area contributed by atoms with E-state index in [9.17, 15) is 13.6 Å². The Balaban J connectivity index is 1.48. The lowest BCUT2D eigenvalue weighted by Gasteiger charge is -2.24. The first-order valence-electron chi connectivity index (χ1n) is 10.8. The molecule has 3 aromatic rings. The summed E-state index contributed by atoms with van der Waals surface area (Å²) in [5.41, 5.74) is 0.514. The number of hydrogen-bond donors (Lipinski definition) is 1. The van der Waals surface area contributed by atoms with E-state index in [2.05, 4.69) is 25.0 Å². The highest BCUT2D eigenvalue weighted by molar-refractivity contribution is 6.32. The molecule has 0 aliphatic carbocycles. The van der Waals surface area contributed by atoms with Gasteiger partial charge in [0.2, 0.25) is 5.88 Å². The molecule has 1 saturated heterocycles. The lowest BCUT2D eigenvalue weighted by molar-refractivity contribution is -0.0497. The number of fused-ring (bicyclic) bond motifs is 1. The predicted molar refractivity (Wildman–Crippen MR) is 126 cm³/mol. The average Bonchev–Trinajstić information content (AvgIpc) is 3.23. The van der Waals surface area contributed by atoms with Crippen molar-refractivity contribution in [2.45, 2.75) is 45.5 Å². The van der Waals surface area contributed by atoms with Crippen LogP contribution in [-0.2, 0) is 4.74 Å². The van der Waals surface area contributed by atoms with Crippen molar-refractivity contribution in [2.24, 2.45) is 0 Å². The second-order valence-electron chi connectivity index (χ2n) is 8.87. The molecule has 1 atom stereocenters. The first-order chi connectivity index (χ1) is 16.6. The molecule has 0 bridgehead atoms. The van der Waals surface area contributed by atoms with Crippen molar-refractivity contribution in [2.75, 3.05) is 18.4 Å². The molecule has 2 aromatic heterocycles. The molecule has 1 aliphatic rings. The highest BCUT2D eigenvalue weighted by atomic mass is 35.5. The number of pyridine rings is 1. The fourth-order valence-corrected chi connectivity index (χ4v) is 3.72. The van der Waals surface area contributed by atoms with Crippen molar-refractivity contribution in [3.8, 4) is 11.6 Å². The zero-order chi connectivity index (χ0) is 25.2. The zero-order valence-electron chi connectivity index (χ0n) is 19.3. The van der Waals surface area contributed by atoms with Crippen LogP contribution < -0.4 is 14.8 Å². The number of halogens is 3. The molecule has 0 saturated carbocycles. The Hall–Kier alpha value is -3.47. The summed E-state index contributed by atoms with van der Waals surface area (Å²) in [7, 11) is 0. The van der Waals surface area contributed by atoms with Crippen molar-refractivity contribution < 1.29 is 27.8 Å². The maximum atomic E-state index is 12.5. The van der Waals surface area contributed by atoms with Crippen LogP contribution in [0.4, 0.5) is 25.1 Å². The van der Waals surface area contributed by atoms with Crippen LogP contribution in [0.3, 0.4) is 0 Å². The first kappa shape index (κ1) is 24.6. The molecule has 1 N–H and O–H groups in total. The number of carbonyl (C=O) groups excluding carboxylic acids is 1. The molecule has 3 heterocycles. The maximum absolute atomic E-state index is 12.5. The van der Waals surface area contributed by atoms with Crippen molar-refractivity contribution in [3.05, 3.63) is 41.8 Å². The molecule has 1 aromatic carbocycles. The van der Waals surface area contributed by atoms with Gasteiger partial charge in [0.25, 0.3) is 0 Å². The van der Waals surface area contributed by atoms with Crippen molar-refractivity contribution in [1.82, 2.24) is 19.9 Å². The standard InChI is InChI=1S/C23H24ClF2N5O4/c1-23(2,3)35-22(32)31-7-6-14(11-31)33-19-9-15-17(10-27-19)28-12-29-20(15)30-13-4-5-18(16(24)8-13)34-21(25)26/h4-5,8-10,12,14,21H,6-7,11H2,1-3H3,(H,28,29,30)/t14-/m0/s1. The van der Waals surface area contributed by atoms with Crippen LogP contribution in [0, 0.1) is 0 Å². The zero-order valence-corrected chi connectivity index (χ0v) is 20.1. The largest absolute Gasteiger partial charge is 0.472 e. The molecule has 1 aliphatic heterocycles. The summed E-state index contributed by atoms with van der Waals surface area (Å²) >= 11 is 6.05. The number of carbonyl (C=O) groups is 1. The predicted octanol–water partition coefficient (Wildman–Crippen LogP) is 5.41. The van der Waals surface area contributed by atoms with Crippen molar-refractivity contribution in [3.63, 3.8) is 0 Å². The molecule has 0 radical (unpaired) electrons.